The number of piperidine rings is 1. The van der Waals surface area contributed by atoms with E-state index in [1.165, 1.54) is 12.0 Å². The van der Waals surface area contributed by atoms with Crippen molar-refractivity contribution >= 4 is 0 Å². The molecule has 1 aromatic carbocycles. The zero-order chi connectivity index (χ0) is 13.9. The number of rotatable bonds is 3. The third kappa shape index (κ3) is 4.03. The van der Waals surface area contributed by atoms with Gasteiger partial charge in [-0.3, -0.25) is 5.32 Å². The fourth-order valence-corrected chi connectivity index (χ4v) is 2.48. The average molecular weight is 262 g/mol. The van der Waals surface area contributed by atoms with Gasteiger partial charge in [0.05, 0.1) is 0 Å². The summed E-state index contributed by atoms with van der Waals surface area (Å²) in [5, 5.41) is 16.9. The summed E-state index contributed by atoms with van der Waals surface area (Å²) >= 11 is 0. The van der Waals surface area contributed by atoms with Crippen molar-refractivity contribution < 1.29 is 5.11 Å². The maximum atomic E-state index is 10.2. The minimum absolute atomic E-state index is 0.157. The van der Waals surface area contributed by atoms with E-state index in [0.29, 0.717) is 6.04 Å². The summed E-state index contributed by atoms with van der Waals surface area (Å²) in [4.78, 5) is 0. The lowest BCUT2D eigenvalue weighted by molar-refractivity contribution is 0.116. The van der Waals surface area contributed by atoms with Gasteiger partial charge in [0.25, 0.3) is 0 Å². The Morgan fingerprint density at radius 1 is 1.26 bits per heavy atom. The van der Waals surface area contributed by atoms with Crippen LogP contribution in [0.1, 0.15) is 51.0 Å². The molecular weight excluding hydrogens is 236 g/mol. The summed E-state index contributed by atoms with van der Waals surface area (Å²) in [6, 6.07) is 8.63. The highest BCUT2D eigenvalue weighted by Crippen LogP contribution is 2.23. The topological polar surface area (TPSA) is 44.3 Å². The van der Waals surface area contributed by atoms with Crippen LogP contribution in [-0.4, -0.2) is 24.2 Å². The molecule has 106 valence electrons. The average Bonchev–Trinajstić information content (AvgIpc) is 2.39. The number of hydrogen-bond donors (Lipinski definition) is 3. The Morgan fingerprint density at radius 2 is 1.95 bits per heavy atom. The van der Waals surface area contributed by atoms with E-state index in [1.54, 1.807) is 0 Å². The highest BCUT2D eigenvalue weighted by atomic mass is 16.3. The van der Waals surface area contributed by atoms with Crippen molar-refractivity contribution in [2.24, 2.45) is 0 Å². The van der Waals surface area contributed by atoms with Crippen molar-refractivity contribution in [1.82, 2.24) is 10.6 Å². The molecule has 0 radical (unpaired) electrons. The Balaban J connectivity index is 1.97. The van der Waals surface area contributed by atoms with E-state index in [4.69, 9.17) is 0 Å². The normalized spacial score (nSPS) is 22.2. The van der Waals surface area contributed by atoms with Crippen LogP contribution in [0.15, 0.2) is 24.3 Å². The summed E-state index contributed by atoms with van der Waals surface area (Å²) in [7, 11) is 0. The molecule has 2 atom stereocenters. The van der Waals surface area contributed by atoms with Gasteiger partial charge in [-0.1, -0.05) is 45.0 Å². The van der Waals surface area contributed by atoms with Gasteiger partial charge in [0.15, 0.2) is 0 Å². The zero-order valence-electron chi connectivity index (χ0n) is 12.2. The summed E-state index contributed by atoms with van der Waals surface area (Å²) in [6.45, 7) is 8.63. The van der Waals surface area contributed by atoms with Gasteiger partial charge in [0.2, 0.25) is 0 Å². The second-order valence-electron chi connectivity index (χ2n) is 6.48. The molecule has 0 bridgehead atoms. The van der Waals surface area contributed by atoms with Crippen molar-refractivity contribution in [2.45, 2.75) is 51.3 Å². The Morgan fingerprint density at radius 3 is 2.47 bits per heavy atom. The number of aliphatic hydroxyl groups is 1. The van der Waals surface area contributed by atoms with Crippen molar-refractivity contribution in [3.05, 3.63) is 35.4 Å². The maximum Gasteiger partial charge on any atom is 0.131 e. The first kappa shape index (κ1) is 14.5. The molecule has 0 spiro atoms. The molecule has 3 N–H and O–H groups in total. The van der Waals surface area contributed by atoms with Crippen LogP contribution in [0.2, 0.25) is 0 Å². The molecule has 1 aliphatic heterocycles. The van der Waals surface area contributed by atoms with Crippen LogP contribution < -0.4 is 10.6 Å². The zero-order valence-corrected chi connectivity index (χ0v) is 12.2. The monoisotopic (exact) mass is 262 g/mol. The van der Waals surface area contributed by atoms with E-state index < -0.39 is 6.23 Å². The quantitative estimate of drug-likeness (QED) is 0.733. The molecule has 1 aromatic rings. The summed E-state index contributed by atoms with van der Waals surface area (Å²) in [5.41, 5.74) is 2.39. The Labute approximate surface area is 116 Å². The molecule has 1 fully saturated rings. The Bertz CT molecular complexity index is 388. The molecule has 3 nitrogen and oxygen atoms in total. The van der Waals surface area contributed by atoms with Crippen LogP contribution >= 0.6 is 0 Å². The SMILES string of the molecule is CC(C)(C)c1ccc(C(O)NC2CCCNC2)cc1. The first-order valence-corrected chi connectivity index (χ1v) is 7.22. The maximum absolute atomic E-state index is 10.2. The second-order valence-corrected chi connectivity index (χ2v) is 6.48. The lowest BCUT2D eigenvalue weighted by atomic mass is 9.86. The van der Waals surface area contributed by atoms with E-state index in [-0.39, 0.29) is 5.41 Å². The molecular formula is C16H26N2O. The van der Waals surface area contributed by atoms with Gasteiger partial charge in [0.1, 0.15) is 6.23 Å². The fourth-order valence-electron chi connectivity index (χ4n) is 2.48. The fraction of sp³-hybridized carbons (Fsp3) is 0.625. The molecule has 1 heterocycles. The van der Waals surface area contributed by atoms with Gasteiger partial charge in [-0.2, -0.15) is 0 Å². The molecule has 0 aliphatic carbocycles. The predicted molar refractivity (Wildman–Crippen MR) is 79.1 cm³/mol. The van der Waals surface area contributed by atoms with Crippen molar-refractivity contribution in [3.8, 4) is 0 Å². The van der Waals surface area contributed by atoms with Crippen LogP contribution in [0.5, 0.6) is 0 Å². The number of aliphatic hydroxyl groups excluding tert-OH is 1. The van der Waals surface area contributed by atoms with E-state index in [2.05, 4.69) is 43.5 Å². The molecule has 0 aromatic heterocycles. The molecule has 0 amide bonds. The van der Waals surface area contributed by atoms with E-state index in [1.807, 2.05) is 12.1 Å². The highest BCUT2D eigenvalue weighted by Gasteiger charge is 2.18. The summed E-state index contributed by atoms with van der Waals surface area (Å²) in [5.74, 6) is 0. The van der Waals surface area contributed by atoms with Crippen molar-refractivity contribution in [3.63, 3.8) is 0 Å². The largest absolute Gasteiger partial charge is 0.374 e. The molecule has 1 aliphatic rings. The molecule has 2 rings (SSSR count). The Kier molecular flexibility index (Phi) is 4.61. The molecule has 1 saturated heterocycles. The van der Waals surface area contributed by atoms with Crippen LogP contribution in [0.25, 0.3) is 0 Å². The van der Waals surface area contributed by atoms with Crippen LogP contribution in [0, 0.1) is 0 Å². The minimum Gasteiger partial charge on any atom is -0.374 e. The first-order chi connectivity index (χ1) is 8.97. The third-order valence-corrected chi connectivity index (χ3v) is 3.78. The van der Waals surface area contributed by atoms with Crippen molar-refractivity contribution in [2.75, 3.05) is 13.1 Å². The molecule has 19 heavy (non-hydrogen) atoms. The van der Waals surface area contributed by atoms with Crippen molar-refractivity contribution in [1.29, 1.82) is 0 Å². The van der Waals surface area contributed by atoms with Gasteiger partial charge < -0.3 is 10.4 Å². The van der Waals surface area contributed by atoms with Gasteiger partial charge in [0, 0.05) is 12.6 Å². The highest BCUT2D eigenvalue weighted by molar-refractivity contribution is 5.28. The van der Waals surface area contributed by atoms with E-state index in [9.17, 15) is 5.11 Å². The van der Waals surface area contributed by atoms with Crippen LogP contribution in [-0.2, 0) is 5.41 Å². The predicted octanol–water partition coefficient (Wildman–Crippen LogP) is 2.32. The van der Waals surface area contributed by atoms with Gasteiger partial charge >= 0.3 is 0 Å². The van der Waals surface area contributed by atoms with E-state index >= 15 is 0 Å². The second kappa shape index (κ2) is 6.04. The number of nitrogens with one attached hydrogen (secondary N) is 2. The minimum atomic E-state index is -0.570. The van der Waals surface area contributed by atoms with Gasteiger partial charge in [-0.15, -0.1) is 0 Å². The van der Waals surface area contributed by atoms with Gasteiger partial charge in [-0.25, -0.2) is 0 Å². The Hall–Kier alpha value is -0.900. The van der Waals surface area contributed by atoms with Gasteiger partial charge in [-0.05, 0) is 35.9 Å². The molecule has 0 saturated carbocycles. The summed E-state index contributed by atoms with van der Waals surface area (Å²) in [6.07, 6.45) is 1.73. The summed E-state index contributed by atoms with van der Waals surface area (Å²) < 4.78 is 0. The lowest BCUT2D eigenvalue weighted by Crippen LogP contribution is -2.44. The van der Waals surface area contributed by atoms with E-state index in [0.717, 1.165) is 25.1 Å². The lowest BCUT2D eigenvalue weighted by Gasteiger charge is -2.27. The first-order valence-electron chi connectivity index (χ1n) is 7.22. The molecule has 2 unspecified atom stereocenters. The molecule has 3 heteroatoms. The van der Waals surface area contributed by atoms with Crippen LogP contribution in [0.3, 0.4) is 0 Å². The standard InChI is InChI=1S/C16H26N2O/c1-16(2,3)13-8-6-12(7-9-13)15(19)18-14-5-4-10-17-11-14/h6-9,14-15,17-19H,4-5,10-11H2,1-3H3. The number of hydrogen-bond acceptors (Lipinski definition) is 3. The third-order valence-electron chi connectivity index (χ3n) is 3.78. The van der Waals surface area contributed by atoms with Crippen LogP contribution in [0.4, 0.5) is 0 Å². The smallest absolute Gasteiger partial charge is 0.131 e. The number of benzene rings is 1.